The highest BCUT2D eigenvalue weighted by Crippen LogP contribution is 2.28. The van der Waals surface area contributed by atoms with E-state index in [-0.39, 0.29) is 24.5 Å². The summed E-state index contributed by atoms with van der Waals surface area (Å²) >= 11 is 12.0. The topological polar surface area (TPSA) is 49.3 Å². The third kappa shape index (κ3) is 2.79. The van der Waals surface area contributed by atoms with Crippen molar-refractivity contribution in [3.8, 4) is 0 Å². The molecule has 0 heterocycles. The maximum absolute atomic E-state index is 12.1. The van der Waals surface area contributed by atoms with Gasteiger partial charge in [-0.1, -0.05) is 35.7 Å². The van der Waals surface area contributed by atoms with Gasteiger partial charge >= 0.3 is 0 Å². The molecular formula is C13H15Cl2NO2. The van der Waals surface area contributed by atoms with E-state index in [1.54, 1.807) is 18.2 Å². The van der Waals surface area contributed by atoms with Crippen molar-refractivity contribution in [2.45, 2.75) is 25.3 Å². The lowest BCUT2D eigenvalue weighted by molar-refractivity contribution is 0.0916. The first-order valence-electron chi connectivity index (χ1n) is 5.99. The molecular weight excluding hydrogens is 273 g/mol. The summed E-state index contributed by atoms with van der Waals surface area (Å²) in [6.45, 7) is 0.0984. The van der Waals surface area contributed by atoms with E-state index >= 15 is 0 Å². The van der Waals surface area contributed by atoms with Gasteiger partial charge in [-0.15, -0.1) is 0 Å². The zero-order valence-electron chi connectivity index (χ0n) is 9.83. The van der Waals surface area contributed by atoms with Gasteiger partial charge in [0, 0.05) is 18.6 Å². The summed E-state index contributed by atoms with van der Waals surface area (Å²) in [7, 11) is 0. The highest BCUT2D eigenvalue weighted by atomic mass is 35.5. The number of hydrogen-bond acceptors (Lipinski definition) is 2. The van der Waals surface area contributed by atoms with Gasteiger partial charge in [0.15, 0.2) is 0 Å². The first-order valence-corrected chi connectivity index (χ1v) is 6.75. The van der Waals surface area contributed by atoms with Gasteiger partial charge in [0.1, 0.15) is 0 Å². The zero-order chi connectivity index (χ0) is 13.1. The van der Waals surface area contributed by atoms with Crippen molar-refractivity contribution in [2.75, 3.05) is 6.61 Å². The number of nitrogens with one attached hydrogen (secondary N) is 1. The number of aliphatic hydroxyl groups is 1. The van der Waals surface area contributed by atoms with Crippen molar-refractivity contribution < 1.29 is 9.90 Å². The molecule has 0 saturated heterocycles. The Morgan fingerprint density at radius 3 is 2.61 bits per heavy atom. The predicted molar refractivity (Wildman–Crippen MR) is 72.1 cm³/mol. The second kappa shape index (κ2) is 5.91. The summed E-state index contributed by atoms with van der Waals surface area (Å²) in [6, 6.07) is 4.99. The molecule has 0 bridgehead atoms. The molecule has 2 rings (SSSR count). The second-order valence-corrected chi connectivity index (χ2v) is 5.36. The minimum absolute atomic E-state index is 0.00911. The maximum Gasteiger partial charge on any atom is 0.254 e. The quantitative estimate of drug-likeness (QED) is 0.898. The van der Waals surface area contributed by atoms with Gasteiger partial charge in [-0.3, -0.25) is 4.79 Å². The van der Waals surface area contributed by atoms with Crippen molar-refractivity contribution in [2.24, 2.45) is 5.92 Å². The van der Waals surface area contributed by atoms with E-state index in [2.05, 4.69) is 5.32 Å². The summed E-state index contributed by atoms with van der Waals surface area (Å²) in [5, 5.41) is 12.8. The van der Waals surface area contributed by atoms with Crippen molar-refractivity contribution in [3.05, 3.63) is 33.8 Å². The molecule has 0 aromatic heterocycles. The molecule has 1 fully saturated rings. The van der Waals surface area contributed by atoms with Crippen LogP contribution in [0.4, 0.5) is 0 Å². The van der Waals surface area contributed by atoms with Gasteiger partial charge in [-0.25, -0.2) is 0 Å². The predicted octanol–water partition coefficient (Wildman–Crippen LogP) is 2.88. The lowest BCUT2D eigenvalue weighted by Gasteiger charge is -2.19. The third-order valence-corrected chi connectivity index (χ3v) is 4.03. The van der Waals surface area contributed by atoms with Crippen LogP contribution in [0.2, 0.25) is 10.0 Å². The molecule has 0 aliphatic heterocycles. The van der Waals surface area contributed by atoms with Crippen LogP contribution in [-0.4, -0.2) is 23.7 Å². The van der Waals surface area contributed by atoms with Gasteiger partial charge in [0.25, 0.3) is 5.91 Å². The molecule has 5 heteroatoms. The number of aliphatic hydroxyl groups excluding tert-OH is 1. The lowest BCUT2D eigenvalue weighted by atomic mass is 10.0. The molecule has 98 valence electrons. The fourth-order valence-electron chi connectivity index (χ4n) is 2.40. The molecule has 0 radical (unpaired) electrons. The van der Waals surface area contributed by atoms with Crippen LogP contribution in [0.15, 0.2) is 18.2 Å². The van der Waals surface area contributed by atoms with Gasteiger partial charge in [-0.05, 0) is 25.0 Å². The van der Waals surface area contributed by atoms with Crippen molar-refractivity contribution >= 4 is 29.1 Å². The molecule has 1 aromatic carbocycles. The van der Waals surface area contributed by atoms with Crippen LogP contribution in [-0.2, 0) is 0 Å². The van der Waals surface area contributed by atoms with E-state index in [9.17, 15) is 9.90 Å². The van der Waals surface area contributed by atoms with E-state index in [0.29, 0.717) is 15.6 Å². The first kappa shape index (κ1) is 13.7. The Morgan fingerprint density at radius 1 is 1.33 bits per heavy atom. The van der Waals surface area contributed by atoms with E-state index in [0.717, 1.165) is 19.3 Å². The highest BCUT2D eigenvalue weighted by molar-refractivity contribution is 6.39. The van der Waals surface area contributed by atoms with E-state index in [1.165, 1.54) is 0 Å². The van der Waals surface area contributed by atoms with Gasteiger partial charge in [0.2, 0.25) is 0 Å². The maximum atomic E-state index is 12.1. The van der Waals surface area contributed by atoms with Crippen LogP contribution < -0.4 is 5.32 Å². The van der Waals surface area contributed by atoms with Crippen LogP contribution in [0.5, 0.6) is 0 Å². The molecule has 1 aliphatic rings. The molecule has 3 nitrogen and oxygen atoms in total. The smallest absolute Gasteiger partial charge is 0.254 e. The van der Waals surface area contributed by atoms with Crippen LogP contribution in [0.1, 0.15) is 29.6 Å². The Morgan fingerprint density at radius 2 is 2.00 bits per heavy atom. The standard InChI is InChI=1S/C13H15Cl2NO2/c14-9-4-2-5-10(15)12(9)13(18)16-11-6-1-3-8(11)7-17/h2,4-5,8,11,17H,1,3,6-7H2,(H,16,18). The largest absolute Gasteiger partial charge is 0.396 e. The van der Waals surface area contributed by atoms with Gasteiger partial charge in [-0.2, -0.15) is 0 Å². The summed E-state index contributed by atoms with van der Waals surface area (Å²) in [5.41, 5.74) is 0.310. The Kier molecular flexibility index (Phi) is 4.49. The van der Waals surface area contributed by atoms with E-state index in [1.807, 2.05) is 0 Å². The zero-order valence-corrected chi connectivity index (χ0v) is 11.3. The molecule has 1 aromatic rings. The van der Waals surface area contributed by atoms with Gasteiger partial charge in [0.05, 0.1) is 15.6 Å². The van der Waals surface area contributed by atoms with Crippen molar-refractivity contribution in [3.63, 3.8) is 0 Å². The van der Waals surface area contributed by atoms with Crippen molar-refractivity contribution in [1.82, 2.24) is 5.32 Å². The highest BCUT2D eigenvalue weighted by Gasteiger charge is 2.29. The fraction of sp³-hybridized carbons (Fsp3) is 0.462. The number of halogens is 2. The average Bonchev–Trinajstić information content (AvgIpc) is 2.76. The molecule has 18 heavy (non-hydrogen) atoms. The van der Waals surface area contributed by atoms with Crippen LogP contribution in [0, 0.1) is 5.92 Å². The summed E-state index contributed by atoms with van der Waals surface area (Å²) in [5.74, 6) is -0.133. The molecule has 2 N–H and O–H groups in total. The van der Waals surface area contributed by atoms with Gasteiger partial charge < -0.3 is 10.4 Å². The van der Waals surface area contributed by atoms with E-state index < -0.39 is 0 Å². The minimum atomic E-state index is -0.268. The summed E-state index contributed by atoms with van der Waals surface area (Å²) in [6.07, 6.45) is 2.85. The van der Waals surface area contributed by atoms with Crippen LogP contribution in [0.25, 0.3) is 0 Å². The molecule has 1 saturated carbocycles. The molecule has 0 spiro atoms. The average molecular weight is 288 g/mol. The molecule has 1 aliphatic carbocycles. The van der Waals surface area contributed by atoms with E-state index in [4.69, 9.17) is 23.2 Å². The Labute approximate surface area is 116 Å². The second-order valence-electron chi connectivity index (χ2n) is 4.55. The number of hydrogen-bond donors (Lipinski definition) is 2. The van der Waals surface area contributed by atoms with Crippen molar-refractivity contribution in [1.29, 1.82) is 0 Å². The SMILES string of the molecule is O=C(NC1CCCC1CO)c1c(Cl)cccc1Cl. The number of carbonyl (C=O) groups is 1. The fourth-order valence-corrected chi connectivity index (χ4v) is 2.97. The third-order valence-electron chi connectivity index (χ3n) is 3.40. The number of carbonyl (C=O) groups excluding carboxylic acids is 1. The molecule has 2 atom stereocenters. The number of amides is 1. The Bertz CT molecular complexity index is 430. The Balaban J connectivity index is 2.12. The monoisotopic (exact) mass is 287 g/mol. The van der Waals surface area contributed by atoms with Crippen LogP contribution in [0.3, 0.4) is 0 Å². The molecule has 1 amide bonds. The lowest BCUT2D eigenvalue weighted by Crippen LogP contribution is -2.38. The minimum Gasteiger partial charge on any atom is -0.396 e. The number of benzene rings is 1. The summed E-state index contributed by atoms with van der Waals surface area (Å²) < 4.78 is 0. The van der Waals surface area contributed by atoms with Crippen LogP contribution >= 0.6 is 23.2 Å². The Hall–Kier alpha value is -0.770. The normalized spacial score (nSPS) is 23.1. The molecule has 2 unspecified atom stereocenters. The first-order chi connectivity index (χ1) is 8.63. The summed E-state index contributed by atoms with van der Waals surface area (Å²) in [4.78, 5) is 12.1. The number of rotatable bonds is 3.